The van der Waals surface area contributed by atoms with Crippen molar-refractivity contribution < 1.29 is 9.52 Å². The van der Waals surface area contributed by atoms with E-state index in [4.69, 9.17) is 4.42 Å². The van der Waals surface area contributed by atoms with Crippen molar-refractivity contribution >= 4 is 0 Å². The summed E-state index contributed by atoms with van der Waals surface area (Å²) in [7, 11) is 0. The number of hydrogen-bond acceptors (Lipinski definition) is 3. The smallest absolute Gasteiger partial charge is 0.138 e. The van der Waals surface area contributed by atoms with Crippen molar-refractivity contribution in [1.29, 1.82) is 0 Å². The molecule has 3 unspecified atom stereocenters. The molecule has 0 aliphatic heterocycles. The molecule has 2 heterocycles. The highest BCUT2D eigenvalue weighted by molar-refractivity contribution is 5.26. The van der Waals surface area contributed by atoms with Gasteiger partial charge in [0.2, 0.25) is 0 Å². The Kier molecular flexibility index (Phi) is 2.71. The summed E-state index contributed by atoms with van der Waals surface area (Å²) in [6.45, 7) is 4.14. The highest BCUT2D eigenvalue weighted by Crippen LogP contribution is 2.47. The van der Waals surface area contributed by atoms with Gasteiger partial charge in [0.15, 0.2) is 0 Å². The number of aryl methyl sites for hydroxylation is 1. The Balaban J connectivity index is 1.81. The zero-order valence-corrected chi connectivity index (χ0v) is 10.6. The number of rotatable bonds is 3. The molecule has 3 nitrogen and oxygen atoms in total. The largest absolute Gasteiger partial charge is 0.463 e. The fraction of sp³-hybridized carbons (Fsp3) is 0.400. The third kappa shape index (κ3) is 2.06. The summed E-state index contributed by atoms with van der Waals surface area (Å²) in [5.41, 5.74) is 1.71. The molecular weight excluding hydrogens is 226 g/mol. The van der Waals surface area contributed by atoms with Gasteiger partial charge in [-0.3, -0.25) is 4.98 Å². The molecule has 1 aliphatic carbocycles. The lowest BCUT2D eigenvalue weighted by Crippen LogP contribution is -1.99. The summed E-state index contributed by atoms with van der Waals surface area (Å²) in [6.07, 6.45) is 2.16. The van der Waals surface area contributed by atoms with E-state index in [1.165, 1.54) is 6.42 Å². The fourth-order valence-corrected chi connectivity index (χ4v) is 2.24. The molecule has 0 bridgehead atoms. The van der Waals surface area contributed by atoms with E-state index in [9.17, 15) is 5.11 Å². The molecule has 1 aliphatic rings. The number of nitrogens with zero attached hydrogens (tertiary/aromatic N) is 1. The zero-order valence-electron chi connectivity index (χ0n) is 10.6. The van der Waals surface area contributed by atoms with Gasteiger partial charge in [0.05, 0.1) is 0 Å². The molecule has 3 rings (SSSR count). The van der Waals surface area contributed by atoms with E-state index in [0.29, 0.717) is 17.6 Å². The number of aromatic nitrogens is 1. The molecule has 1 N–H and O–H groups in total. The summed E-state index contributed by atoms with van der Waals surface area (Å²) >= 11 is 0. The van der Waals surface area contributed by atoms with Crippen molar-refractivity contribution in [2.45, 2.75) is 32.3 Å². The van der Waals surface area contributed by atoms with E-state index < -0.39 is 6.10 Å². The number of hydrogen-bond donors (Lipinski definition) is 1. The van der Waals surface area contributed by atoms with Gasteiger partial charge in [-0.25, -0.2) is 0 Å². The van der Waals surface area contributed by atoms with Crippen LogP contribution in [0.4, 0.5) is 0 Å². The van der Waals surface area contributed by atoms with Gasteiger partial charge >= 0.3 is 0 Å². The minimum Gasteiger partial charge on any atom is -0.463 e. The van der Waals surface area contributed by atoms with Gasteiger partial charge in [-0.15, -0.1) is 0 Å². The van der Waals surface area contributed by atoms with Crippen LogP contribution in [-0.4, -0.2) is 10.1 Å². The van der Waals surface area contributed by atoms with Gasteiger partial charge in [-0.05, 0) is 37.5 Å². The van der Waals surface area contributed by atoms with Crippen molar-refractivity contribution in [2.75, 3.05) is 0 Å². The number of furan rings is 1. The van der Waals surface area contributed by atoms with Crippen LogP contribution in [0.2, 0.25) is 0 Å². The maximum absolute atomic E-state index is 10.2. The fourth-order valence-electron chi connectivity index (χ4n) is 2.24. The molecule has 18 heavy (non-hydrogen) atoms. The minimum atomic E-state index is -0.721. The Bertz CT molecular complexity index is 544. The molecule has 0 radical (unpaired) electrons. The van der Waals surface area contributed by atoms with E-state index in [2.05, 4.69) is 11.9 Å². The molecule has 2 aromatic heterocycles. The molecule has 0 saturated heterocycles. The van der Waals surface area contributed by atoms with Crippen LogP contribution in [-0.2, 0) is 0 Å². The first kappa shape index (κ1) is 11.5. The molecule has 1 saturated carbocycles. The minimum absolute atomic E-state index is 0.544. The molecule has 0 spiro atoms. The first-order chi connectivity index (χ1) is 8.65. The standard InChI is InChI=1S/C15H17NO2/c1-9-7-12(9)13-5-6-14(18-13)15(17)11-4-3-10(2)16-8-11/h3-6,8-9,12,15,17H,7H2,1-2H3. The maximum Gasteiger partial charge on any atom is 0.138 e. The zero-order chi connectivity index (χ0) is 12.7. The average molecular weight is 243 g/mol. The van der Waals surface area contributed by atoms with Crippen molar-refractivity contribution in [3.63, 3.8) is 0 Å². The second-order valence-corrected chi connectivity index (χ2v) is 5.20. The second kappa shape index (κ2) is 4.25. The quantitative estimate of drug-likeness (QED) is 0.900. The van der Waals surface area contributed by atoms with Gasteiger partial charge in [0.1, 0.15) is 17.6 Å². The summed E-state index contributed by atoms with van der Waals surface area (Å²) in [5, 5.41) is 10.2. The van der Waals surface area contributed by atoms with E-state index >= 15 is 0 Å². The lowest BCUT2D eigenvalue weighted by atomic mass is 10.1. The van der Waals surface area contributed by atoms with Crippen molar-refractivity contribution in [3.05, 3.63) is 53.2 Å². The SMILES string of the molecule is Cc1ccc(C(O)c2ccc(C3CC3C)o2)cn1. The predicted octanol–water partition coefficient (Wildman–Crippen LogP) is 3.19. The van der Waals surface area contributed by atoms with Crippen molar-refractivity contribution in [1.82, 2.24) is 4.98 Å². The highest BCUT2D eigenvalue weighted by Gasteiger charge is 2.36. The topological polar surface area (TPSA) is 46.3 Å². The van der Waals surface area contributed by atoms with E-state index in [1.807, 2.05) is 31.2 Å². The van der Waals surface area contributed by atoms with Crippen LogP contribution < -0.4 is 0 Å². The van der Waals surface area contributed by atoms with E-state index in [0.717, 1.165) is 17.0 Å². The van der Waals surface area contributed by atoms with Crippen LogP contribution in [0.25, 0.3) is 0 Å². The van der Waals surface area contributed by atoms with Gasteiger partial charge in [0.25, 0.3) is 0 Å². The molecule has 2 aromatic rings. The Hall–Kier alpha value is -1.61. The van der Waals surface area contributed by atoms with E-state index in [1.54, 1.807) is 6.20 Å². The predicted molar refractivity (Wildman–Crippen MR) is 68.3 cm³/mol. The van der Waals surface area contributed by atoms with Crippen molar-refractivity contribution in [2.24, 2.45) is 5.92 Å². The lowest BCUT2D eigenvalue weighted by molar-refractivity contribution is 0.186. The third-order valence-corrected chi connectivity index (χ3v) is 3.64. The molecule has 1 fully saturated rings. The Labute approximate surface area is 106 Å². The van der Waals surface area contributed by atoms with Crippen LogP contribution in [0.3, 0.4) is 0 Å². The molecule has 0 aromatic carbocycles. The molecule has 94 valence electrons. The van der Waals surface area contributed by atoms with E-state index in [-0.39, 0.29) is 0 Å². The van der Waals surface area contributed by atoms with Crippen LogP contribution in [0.15, 0.2) is 34.9 Å². The van der Waals surface area contributed by atoms with Crippen LogP contribution in [0, 0.1) is 12.8 Å². The lowest BCUT2D eigenvalue weighted by Gasteiger charge is -2.07. The first-order valence-electron chi connectivity index (χ1n) is 6.35. The normalized spacial score (nSPS) is 23.9. The van der Waals surface area contributed by atoms with Crippen LogP contribution in [0.1, 0.15) is 48.1 Å². The molecule has 3 heteroatoms. The van der Waals surface area contributed by atoms with Crippen molar-refractivity contribution in [3.8, 4) is 0 Å². The Morgan fingerprint density at radius 3 is 2.72 bits per heavy atom. The van der Waals surface area contributed by atoms with Gasteiger partial charge in [-0.2, -0.15) is 0 Å². The van der Waals surface area contributed by atoms with Crippen LogP contribution >= 0.6 is 0 Å². The Morgan fingerprint density at radius 2 is 2.11 bits per heavy atom. The summed E-state index contributed by atoms with van der Waals surface area (Å²) in [6, 6.07) is 7.62. The average Bonchev–Trinajstić information content (AvgIpc) is 2.92. The van der Waals surface area contributed by atoms with Gasteiger partial charge in [-0.1, -0.05) is 13.0 Å². The maximum atomic E-state index is 10.2. The van der Waals surface area contributed by atoms with Gasteiger partial charge < -0.3 is 9.52 Å². The summed E-state index contributed by atoms with van der Waals surface area (Å²) < 4.78 is 5.75. The second-order valence-electron chi connectivity index (χ2n) is 5.20. The molecule has 0 amide bonds. The number of aliphatic hydroxyl groups is 1. The van der Waals surface area contributed by atoms with Gasteiger partial charge in [0, 0.05) is 23.4 Å². The summed E-state index contributed by atoms with van der Waals surface area (Å²) in [5.74, 6) is 2.86. The number of aliphatic hydroxyl groups excluding tert-OH is 1. The molecular formula is C15H17NO2. The van der Waals surface area contributed by atoms with Crippen LogP contribution in [0.5, 0.6) is 0 Å². The molecule has 3 atom stereocenters. The number of pyridine rings is 1. The third-order valence-electron chi connectivity index (χ3n) is 3.64. The highest BCUT2D eigenvalue weighted by atomic mass is 16.4. The first-order valence-corrected chi connectivity index (χ1v) is 6.35. The summed E-state index contributed by atoms with van der Waals surface area (Å²) in [4.78, 5) is 4.19. The Morgan fingerprint density at radius 1 is 1.33 bits per heavy atom. The monoisotopic (exact) mass is 243 g/mol.